The number of hydrogen-bond acceptors (Lipinski definition) is 5. The summed E-state index contributed by atoms with van der Waals surface area (Å²) in [5.41, 5.74) is 0.948. The van der Waals surface area contributed by atoms with Crippen LogP contribution in [0.1, 0.15) is 24.5 Å². The highest BCUT2D eigenvalue weighted by Gasteiger charge is 2.29. The minimum atomic E-state index is -3.71. The van der Waals surface area contributed by atoms with Crippen LogP contribution in [0.4, 0.5) is 0 Å². The average Bonchev–Trinajstić information content (AvgIpc) is 2.78. The second kappa shape index (κ2) is 8.44. The molecule has 7 heteroatoms. The van der Waals surface area contributed by atoms with Gasteiger partial charge in [-0.3, -0.25) is 9.78 Å². The van der Waals surface area contributed by atoms with E-state index in [4.69, 9.17) is 4.74 Å². The molecule has 0 bridgehead atoms. The SMILES string of the molecule is COc1ccc(S(=O)(=O)CC(=O)N2CCCC(c3cc4ccccc4cn3)C2)cc1. The third-order valence-electron chi connectivity index (χ3n) is 5.58. The van der Waals surface area contributed by atoms with Crippen molar-refractivity contribution in [2.75, 3.05) is 26.0 Å². The molecule has 1 aliphatic rings. The molecule has 0 saturated carbocycles. The first-order valence-corrected chi connectivity index (χ1v) is 11.6. The Morgan fingerprint density at radius 3 is 2.60 bits per heavy atom. The molecule has 0 N–H and O–H groups in total. The monoisotopic (exact) mass is 424 g/mol. The lowest BCUT2D eigenvalue weighted by molar-refractivity contribution is -0.129. The number of piperidine rings is 1. The van der Waals surface area contributed by atoms with Crippen molar-refractivity contribution in [1.82, 2.24) is 9.88 Å². The first-order valence-electron chi connectivity index (χ1n) is 9.95. The topological polar surface area (TPSA) is 76.6 Å². The van der Waals surface area contributed by atoms with E-state index in [0.717, 1.165) is 29.3 Å². The summed E-state index contributed by atoms with van der Waals surface area (Å²) in [5, 5.41) is 2.20. The Labute approximate surface area is 176 Å². The van der Waals surface area contributed by atoms with Gasteiger partial charge in [0.25, 0.3) is 0 Å². The number of fused-ring (bicyclic) bond motifs is 1. The number of carbonyl (C=O) groups is 1. The molecule has 30 heavy (non-hydrogen) atoms. The van der Waals surface area contributed by atoms with Gasteiger partial charge in [0, 0.05) is 36.3 Å². The highest BCUT2D eigenvalue weighted by molar-refractivity contribution is 7.92. The highest BCUT2D eigenvalue weighted by Crippen LogP contribution is 2.28. The third-order valence-corrected chi connectivity index (χ3v) is 7.19. The van der Waals surface area contributed by atoms with E-state index in [9.17, 15) is 13.2 Å². The molecule has 3 aromatic rings. The Hall–Kier alpha value is -2.93. The van der Waals surface area contributed by atoms with Crippen molar-refractivity contribution in [3.05, 3.63) is 66.5 Å². The molecule has 1 aliphatic heterocycles. The maximum atomic E-state index is 12.8. The van der Waals surface area contributed by atoms with Crippen molar-refractivity contribution in [2.24, 2.45) is 0 Å². The van der Waals surface area contributed by atoms with Crippen molar-refractivity contribution in [1.29, 1.82) is 0 Å². The molecular weight excluding hydrogens is 400 g/mol. The number of amides is 1. The second-order valence-corrected chi connectivity index (χ2v) is 9.56. The molecule has 0 radical (unpaired) electrons. The highest BCUT2D eigenvalue weighted by atomic mass is 32.2. The van der Waals surface area contributed by atoms with Gasteiger partial charge in [0.2, 0.25) is 5.91 Å². The number of hydrogen-bond donors (Lipinski definition) is 0. The van der Waals surface area contributed by atoms with E-state index in [1.807, 2.05) is 30.5 Å². The van der Waals surface area contributed by atoms with Gasteiger partial charge < -0.3 is 9.64 Å². The van der Waals surface area contributed by atoms with Crippen LogP contribution in [-0.2, 0) is 14.6 Å². The van der Waals surface area contributed by atoms with Gasteiger partial charge in [0.15, 0.2) is 9.84 Å². The summed E-state index contributed by atoms with van der Waals surface area (Å²) >= 11 is 0. The van der Waals surface area contributed by atoms with Crippen molar-refractivity contribution in [3.63, 3.8) is 0 Å². The standard InChI is InChI=1S/C23H24N2O4S/c1-29-20-8-10-21(11-9-20)30(27,28)16-23(26)25-12-4-7-19(15-25)22-13-17-5-2-3-6-18(17)14-24-22/h2-3,5-6,8-11,13-14,19H,4,7,12,15-16H2,1H3. The Balaban J connectivity index is 1.47. The van der Waals surface area contributed by atoms with Crippen LogP contribution >= 0.6 is 0 Å². The summed E-state index contributed by atoms with van der Waals surface area (Å²) in [6, 6.07) is 16.2. The van der Waals surface area contributed by atoms with Crippen LogP contribution < -0.4 is 4.74 Å². The smallest absolute Gasteiger partial charge is 0.238 e. The van der Waals surface area contributed by atoms with Gasteiger partial charge in [-0.1, -0.05) is 24.3 Å². The normalized spacial score (nSPS) is 17.1. The van der Waals surface area contributed by atoms with Crippen LogP contribution in [0.3, 0.4) is 0 Å². The molecule has 2 aromatic carbocycles. The fraction of sp³-hybridized carbons (Fsp3) is 0.304. The zero-order chi connectivity index (χ0) is 21.1. The minimum Gasteiger partial charge on any atom is -0.497 e. The number of sulfone groups is 1. The lowest BCUT2D eigenvalue weighted by Gasteiger charge is -2.32. The van der Waals surface area contributed by atoms with E-state index in [1.54, 1.807) is 17.0 Å². The molecule has 1 fully saturated rings. The zero-order valence-corrected chi connectivity index (χ0v) is 17.6. The average molecular weight is 425 g/mol. The number of ether oxygens (including phenoxy) is 1. The molecule has 1 atom stereocenters. The summed E-state index contributed by atoms with van der Waals surface area (Å²) in [7, 11) is -2.19. The van der Waals surface area contributed by atoms with Gasteiger partial charge in [-0.05, 0) is 48.6 Å². The fourth-order valence-corrected chi connectivity index (χ4v) is 5.11. The lowest BCUT2D eigenvalue weighted by atomic mass is 9.93. The third kappa shape index (κ3) is 4.31. The molecule has 0 aliphatic carbocycles. The number of rotatable bonds is 5. The van der Waals surface area contributed by atoms with E-state index in [2.05, 4.69) is 11.1 Å². The van der Waals surface area contributed by atoms with E-state index in [0.29, 0.717) is 18.8 Å². The maximum absolute atomic E-state index is 12.8. The number of likely N-dealkylation sites (tertiary alicyclic amines) is 1. The van der Waals surface area contributed by atoms with Crippen molar-refractivity contribution in [3.8, 4) is 5.75 Å². The predicted molar refractivity (Wildman–Crippen MR) is 115 cm³/mol. The van der Waals surface area contributed by atoms with Gasteiger partial charge in [-0.2, -0.15) is 0 Å². The van der Waals surface area contributed by atoms with Crippen molar-refractivity contribution in [2.45, 2.75) is 23.7 Å². The van der Waals surface area contributed by atoms with Gasteiger partial charge in [-0.15, -0.1) is 0 Å². The maximum Gasteiger partial charge on any atom is 0.238 e. The molecule has 1 unspecified atom stereocenters. The lowest BCUT2D eigenvalue weighted by Crippen LogP contribution is -2.42. The van der Waals surface area contributed by atoms with E-state index >= 15 is 0 Å². The first-order chi connectivity index (χ1) is 14.5. The number of methoxy groups -OCH3 is 1. The van der Waals surface area contributed by atoms with Gasteiger partial charge in [0.05, 0.1) is 12.0 Å². The minimum absolute atomic E-state index is 0.107. The molecule has 156 valence electrons. The molecule has 4 rings (SSSR count). The van der Waals surface area contributed by atoms with Gasteiger partial charge >= 0.3 is 0 Å². The number of carbonyl (C=O) groups excluding carboxylic acids is 1. The van der Waals surface area contributed by atoms with Gasteiger partial charge in [-0.25, -0.2) is 8.42 Å². The van der Waals surface area contributed by atoms with Gasteiger partial charge in [0.1, 0.15) is 11.5 Å². The molecule has 1 amide bonds. The summed E-state index contributed by atoms with van der Waals surface area (Å²) < 4.78 is 30.4. The second-order valence-electron chi connectivity index (χ2n) is 7.57. The number of nitrogens with zero attached hydrogens (tertiary/aromatic N) is 2. The van der Waals surface area contributed by atoms with Crippen LogP contribution in [0.5, 0.6) is 5.75 Å². The molecule has 1 saturated heterocycles. The number of benzene rings is 2. The number of pyridine rings is 1. The summed E-state index contributed by atoms with van der Waals surface area (Å²) in [5.74, 6) is -0.216. The Kier molecular flexibility index (Phi) is 5.72. The fourth-order valence-electron chi connectivity index (χ4n) is 3.89. The molecule has 1 aromatic heterocycles. The Morgan fingerprint density at radius 1 is 1.13 bits per heavy atom. The predicted octanol–water partition coefficient (Wildman–Crippen LogP) is 3.42. The van der Waals surface area contributed by atoms with E-state index in [-0.39, 0.29) is 16.7 Å². The Bertz CT molecular complexity index is 1160. The summed E-state index contributed by atoms with van der Waals surface area (Å²) in [4.78, 5) is 19.2. The molecule has 2 heterocycles. The molecule has 6 nitrogen and oxygen atoms in total. The van der Waals surface area contributed by atoms with Crippen LogP contribution in [0, 0.1) is 0 Å². The van der Waals surface area contributed by atoms with Crippen molar-refractivity contribution >= 4 is 26.5 Å². The molecular formula is C23H24N2O4S. The van der Waals surface area contributed by atoms with E-state index in [1.165, 1.54) is 19.2 Å². The molecule has 0 spiro atoms. The number of aromatic nitrogens is 1. The zero-order valence-electron chi connectivity index (χ0n) is 16.8. The van der Waals surface area contributed by atoms with Crippen LogP contribution in [0.2, 0.25) is 0 Å². The largest absolute Gasteiger partial charge is 0.497 e. The first kappa shape index (κ1) is 20.3. The van der Waals surface area contributed by atoms with Crippen molar-refractivity contribution < 1.29 is 17.9 Å². The van der Waals surface area contributed by atoms with Crippen LogP contribution in [0.15, 0.2) is 65.7 Å². The van der Waals surface area contributed by atoms with Crippen LogP contribution in [0.25, 0.3) is 10.8 Å². The Morgan fingerprint density at radius 2 is 1.87 bits per heavy atom. The summed E-state index contributed by atoms with van der Waals surface area (Å²) in [6.07, 6.45) is 3.62. The summed E-state index contributed by atoms with van der Waals surface area (Å²) in [6.45, 7) is 1.06. The van der Waals surface area contributed by atoms with Crippen LogP contribution in [-0.4, -0.2) is 50.2 Å². The van der Waals surface area contributed by atoms with E-state index < -0.39 is 15.6 Å². The quantitative estimate of drug-likeness (QED) is 0.627.